The van der Waals surface area contributed by atoms with Crippen LogP contribution in [0.15, 0.2) is 66.7 Å². The van der Waals surface area contributed by atoms with Gasteiger partial charge in [0.1, 0.15) is 0 Å². The standard InChI is InChI=1S/C20H23F3N2.C4H4O4/c1-24(15-16-5-3-2-4-6-16)18-11-13-25(14-12-18)19-9-7-17(8-10-19)20(21,22)23;5-3(6)1-2-4(7)8/h2-10,18H,11-15H2,1H3;1-2H,(H,5,6)(H,7,8)/b;2-1+. The fourth-order valence-corrected chi connectivity index (χ4v) is 3.57. The number of rotatable bonds is 6. The van der Waals surface area contributed by atoms with Crippen LogP contribution in [-0.4, -0.2) is 53.2 Å². The second kappa shape index (κ2) is 12.1. The SMILES string of the molecule is CN(Cc1ccccc1)C1CCN(c2ccc(C(F)(F)F)cc2)CC1.O=C(O)/C=C/C(=O)O. The summed E-state index contributed by atoms with van der Waals surface area (Å²) in [5, 5.41) is 15.6. The zero-order chi connectivity index (χ0) is 24.4. The third kappa shape index (κ3) is 8.97. The maximum absolute atomic E-state index is 12.7. The predicted molar refractivity (Wildman–Crippen MR) is 119 cm³/mol. The Kier molecular flexibility index (Phi) is 9.47. The minimum Gasteiger partial charge on any atom is -0.478 e. The number of piperidine rings is 1. The van der Waals surface area contributed by atoms with Gasteiger partial charge in [0.05, 0.1) is 5.56 Å². The molecule has 1 saturated heterocycles. The highest BCUT2D eigenvalue weighted by molar-refractivity contribution is 5.89. The number of anilines is 1. The Morgan fingerprint density at radius 3 is 1.94 bits per heavy atom. The van der Waals surface area contributed by atoms with E-state index in [1.165, 1.54) is 17.7 Å². The van der Waals surface area contributed by atoms with Gasteiger partial charge in [-0.1, -0.05) is 30.3 Å². The number of hydrogen-bond acceptors (Lipinski definition) is 4. The molecule has 0 unspecified atom stereocenters. The van der Waals surface area contributed by atoms with Gasteiger partial charge in [0.25, 0.3) is 0 Å². The molecule has 0 spiro atoms. The van der Waals surface area contributed by atoms with Crippen molar-refractivity contribution in [3.8, 4) is 0 Å². The minimum atomic E-state index is -4.27. The fourth-order valence-electron chi connectivity index (χ4n) is 3.57. The first-order valence-corrected chi connectivity index (χ1v) is 10.4. The summed E-state index contributed by atoms with van der Waals surface area (Å²) >= 11 is 0. The highest BCUT2D eigenvalue weighted by atomic mass is 19.4. The van der Waals surface area contributed by atoms with E-state index in [1.807, 2.05) is 6.07 Å². The second-order valence-corrected chi connectivity index (χ2v) is 7.67. The first kappa shape index (κ1) is 25.9. The van der Waals surface area contributed by atoms with Gasteiger partial charge in [-0.3, -0.25) is 4.90 Å². The second-order valence-electron chi connectivity index (χ2n) is 7.67. The molecule has 178 valence electrons. The van der Waals surface area contributed by atoms with E-state index in [4.69, 9.17) is 10.2 Å². The van der Waals surface area contributed by atoms with Crippen molar-refractivity contribution in [1.82, 2.24) is 4.90 Å². The van der Waals surface area contributed by atoms with Crippen molar-refractivity contribution < 1.29 is 33.0 Å². The summed E-state index contributed by atoms with van der Waals surface area (Å²) in [5.74, 6) is -2.51. The maximum Gasteiger partial charge on any atom is 0.416 e. The molecule has 0 saturated carbocycles. The monoisotopic (exact) mass is 464 g/mol. The van der Waals surface area contributed by atoms with Gasteiger partial charge in [-0.05, 0) is 49.7 Å². The van der Waals surface area contributed by atoms with Gasteiger partial charge in [-0.2, -0.15) is 13.2 Å². The van der Waals surface area contributed by atoms with Gasteiger partial charge in [0.15, 0.2) is 0 Å². The number of aliphatic carboxylic acids is 2. The number of nitrogens with zero attached hydrogens (tertiary/aromatic N) is 2. The van der Waals surface area contributed by atoms with Crippen molar-refractivity contribution in [2.45, 2.75) is 31.6 Å². The van der Waals surface area contributed by atoms with Crippen molar-refractivity contribution >= 4 is 17.6 Å². The summed E-state index contributed by atoms with van der Waals surface area (Å²) in [7, 11) is 2.14. The molecule has 6 nitrogen and oxygen atoms in total. The number of carboxylic acids is 2. The molecule has 1 aliphatic rings. The van der Waals surface area contributed by atoms with E-state index >= 15 is 0 Å². The number of hydrogen-bond donors (Lipinski definition) is 2. The summed E-state index contributed by atoms with van der Waals surface area (Å²) in [6, 6.07) is 16.4. The van der Waals surface area contributed by atoms with E-state index in [0.717, 1.165) is 38.2 Å². The minimum absolute atomic E-state index is 0.505. The third-order valence-electron chi connectivity index (χ3n) is 5.29. The Labute approximate surface area is 190 Å². The lowest BCUT2D eigenvalue weighted by Crippen LogP contribution is -2.43. The van der Waals surface area contributed by atoms with Crippen LogP contribution in [0, 0.1) is 0 Å². The number of benzene rings is 2. The lowest BCUT2D eigenvalue weighted by Gasteiger charge is -2.38. The Balaban J connectivity index is 0.000000414. The summed E-state index contributed by atoms with van der Waals surface area (Å²) in [5.41, 5.74) is 1.58. The van der Waals surface area contributed by atoms with Gasteiger partial charge in [0.2, 0.25) is 0 Å². The maximum atomic E-state index is 12.7. The molecule has 1 heterocycles. The molecule has 0 atom stereocenters. The molecule has 3 rings (SSSR count). The molecule has 0 aromatic heterocycles. The van der Waals surface area contributed by atoms with Crippen LogP contribution in [0.3, 0.4) is 0 Å². The third-order valence-corrected chi connectivity index (χ3v) is 5.29. The number of alkyl halides is 3. The van der Waals surface area contributed by atoms with E-state index < -0.39 is 23.7 Å². The Hall–Kier alpha value is -3.33. The molecular formula is C24H27F3N2O4. The summed E-state index contributed by atoms with van der Waals surface area (Å²) in [4.78, 5) is 23.7. The van der Waals surface area contributed by atoms with Crippen LogP contribution in [-0.2, 0) is 22.3 Å². The summed E-state index contributed by atoms with van der Waals surface area (Å²) < 4.78 is 38.0. The van der Waals surface area contributed by atoms with E-state index in [2.05, 4.69) is 41.1 Å². The first-order chi connectivity index (χ1) is 15.6. The highest BCUT2D eigenvalue weighted by Crippen LogP contribution is 2.31. The van der Waals surface area contributed by atoms with Gasteiger partial charge in [-0.15, -0.1) is 0 Å². The van der Waals surface area contributed by atoms with Crippen LogP contribution in [0.4, 0.5) is 18.9 Å². The molecular weight excluding hydrogens is 437 g/mol. The normalized spacial score (nSPS) is 14.8. The van der Waals surface area contributed by atoms with Crippen LogP contribution < -0.4 is 4.90 Å². The molecule has 2 aromatic rings. The van der Waals surface area contributed by atoms with Crippen molar-refractivity contribution in [3.63, 3.8) is 0 Å². The van der Waals surface area contributed by atoms with Crippen LogP contribution in [0.25, 0.3) is 0 Å². The molecule has 0 bridgehead atoms. The Morgan fingerprint density at radius 2 is 1.48 bits per heavy atom. The van der Waals surface area contributed by atoms with Gasteiger partial charge in [0, 0.05) is 43.5 Å². The summed E-state index contributed by atoms with van der Waals surface area (Å²) in [6.45, 7) is 2.66. The van der Waals surface area contributed by atoms with Crippen molar-refractivity contribution in [3.05, 3.63) is 77.9 Å². The predicted octanol–water partition coefficient (Wildman–Crippen LogP) is 4.52. The lowest BCUT2D eigenvalue weighted by molar-refractivity contribution is -0.137. The van der Waals surface area contributed by atoms with Crippen molar-refractivity contribution in [2.24, 2.45) is 0 Å². The van der Waals surface area contributed by atoms with E-state index in [-0.39, 0.29) is 0 Å². The zero-order valence-electron chi connectivity index (χ0n) is 18.2. The molecule has 2 N–H and O–H groups in total. The Bertz CT molecular complexity index is 907. The molecule has 0 amide bonds. The largest absolute Gasteiger partial charge is 0.478 e. The smallest absolute Gasteiger partial charge is 0.416 e. The molecule has 0 radical (unpaired) electrons. The average Bonchev–Trinajstić information content (AvgIpc) is 2.78. The fraction of sp³-hybridized carbons (Fsp3) is 0.333. The summed E-state index contributed by atoms with van der Waals surface area (Å²) in [6.07, 6.45) is -1.12. The van der Waals surface area contributed by atoms with Gasteiger partial charge in [-0.25, -0.2) is 9.59 Å². The average molecular weight is 464 g/mol. The van der Waals surface area contributed by atoms with Crippen molar-refractivity contribution in [2.75, 3.05) is 25.0 Å². The number of carboxylic acid groups (broad SMARTS) is 2. The van der Waals surface area contributed by atoms with Crippen LogP contribution in [0.2, 0.25) is 0 Å². The zero-order valence-corrected chi connectivity index (χ0v) is 18.2. The quantitative estimate of drug-likeness (QED) is 0.612. The number of carbonyl (C=O) groups is 2. The van der Waals surface area contributed by atoms with Crippen LogP contribution in [0.1, 0.15) is 24.0 Å². The topological polar surface area (TPSA) is 81.1 Å². The highest BCUT2D eigenvalue weighted by Gasteiger charge is 2.30. The molecule has 0 aliphatic carbocycles. The van der Waals surface area contributed by atoms with E-state index in [0.29, 0.717) is 18.2 Å². The number of halogens is 3. The van der Waals surface area contributed by atoms with Crippen molar-refractivity contribution in [1.29, 1.82) is 0 Å². The van der Waals surface area contributed by atoms with E-state index in [1.54, 1.807) is 12.1 Å². The lowest BCUT2D eigenvalue weighted by atomic mass is 10.0. The molecule has 1 fully saturated rings. The van der Waals surface area contributed by atoms with Crippen LogP contribution in [0.5, 0.6) is 0 Å². The Morgan fingerprint density at radius 1 is 0.970 bits per heavy atom. The van der Waals surface area contributed by atoms with Gasteiger partial charge < -0.3 is 15.1 Å². The molecule has 2 aromatic carbocycles. The van der Waals surface area contributed by atoms with Crippen LogP contribution >= 0.6 is 0 Å². The molecule has 1 aliphatic heterocycles. The molecule has 33 heavy (non-hydrogen) atoms. The van der Waals surface area contributed by atoms with Gasteiger partial charge >= 0.3 is 18.1 Å². The first-order valence-electron chi connectivity index (χ1n) is 10.4. The molecule has 9 heteroatoms. The van der Waals surface area contributed by atoms with E-state index in [9.17, 15) is 22.8 Å².